The Kier molecular flexibility index (Phi) is 1.90. The normalized spacial score (nSPS) is 18.6. The molecule has 1 aromatic heterocycles. The molecule has 70 valence electrons. The molecular weight excluding hydrogens is 166 g/mol. The lowest BCUT2D eigenvalue weighted by Crippen LogP contribution is -2.10. The smallest absolute Gasteiger partial charge is 0.172 e. The first kappa shape index (κ1) is 8.41. The number of rotatable bonds is 3. The Labute approximate surface area is 76.9 Å². The van der Waals surface area contributed by atoms with Gasteiger partial charge in [-0.05, 0) is 32.6 Å². The number of carbonyl (C=O) groups excluding carboxylic acids is 1. The van der Waals surface area contributed by atoms with E-state index in [2.05, 4.69) is 17.2 Å². The van der Waals surface area contributed by atoms with Gasteiger partial charge in [0.1, 0.15) is 5.69 Å². The minimum absolute atomic E-state index is 0.390. The van der Waals surface area contributed by atoms with Crippen LogP contribution in [0, 0.1) is 12.8 Å². The average Bonchev–Trinajstić information content (AvgIpc) is 2.89. The van der Waals surface area contributed by atoms with E-state index in [-0.39, 0.29) is 0 Å². The molecule has 0 bridgehead atoms. The van der Waals surface area contributed by atoms with Crippen molar-refractivity contribution in [1.82, 2.24) is 15.0 Å². The highest BCUT2D eigenvalue weighted by molar-refractivity contribution is 5.72. The monoisotopic (exact) mass is 179 g/mol. The van der Waals surface area contributed by atoms with Gasteiger partial charge in [0.2, 0.25) is 0 Å². The molecule has 1 unspecified atom stereocenters. The Morgan fingerprint density at radius 3 is 2.77 bits per heavy atom. The van der Waals surface area contributed by atoms with Crippen molar-refractivity contribution in [1.29, 1.82) is 0 Å². The zero-order valence-corrected chi connectivity index (χ0v) is 7.90. The second-order valence-electron chi connectivity index (χ2n) is 3.70. The maximum absolute atomic E-state index is 10.5. The molecule has 0 aliphatic heterocycles. The molecule has 0 radical (unpaired) electrons. The van der Waals surface area contributed by atoms with E-state index >= 15 is 0 Å². The van der Waals surface area contributed by atoms with Crippen molar-refractivity contribution in [2.75, 3.05) is 0 Å². The van der Waals surface area contributed by atoms with Crippen molar-refractivity contribution in [3.05, 3.63) is 11.4 Å². The minimum atomic E-state index is 0.390. The van der Waals surface area contributed by atoms with E-state index < -0.39 is 0 Å². The highest BCUT2D eigenvalue weighted by Crippen LogP contribution is 2.39. The molecule has 2 rings (SSSR count). The van der Waals surface area contributed by atoms with Gasteiger partial charge in [-0.25, -0.2) is 4.68 Å². The second kappa shape index (κ2) is 2.94. The van der Waals surface area contributed by atoms with E-state index in [0.717, 1.165) is 17.9 Å². The summed E-state index contributed by atoms with van der Waals surface area (Å²) in [5, 5.41) is 7.79. The number of carbonyl (C=O) groups is 1. The van der Waals surface area contributed by atoms with Gasteiger partial charge in [0.25, 0.3) is 0 Å². The Morgan fingerprint density at radius 1 is 1.62 bits per heavy atom. The molecule has 1 heterocycles. The van der Waals surface area contributed by atoms with Gasteiger partial charge in [0, 0.05) is 0 Å². The SMILES string of the molecule is Cc1c(C=O)nnn1C(C)C1CC1. The summed E-state index contributed by atoms with van der Waals surface area (Å²) in [6, 6.07) is 0.390. The maximum atomic E-state index is 10.5. The molecule has 0 aromatic carbocycles. The molecule has 4 heteroatoms. The van der Waals surface area contributed by atoms with Crippen molar-refractivity contribution in [3.63, 3.8) is 0 Å². The summed E-state index contributed by atoms with van der Waals surface area (Å²) in [6.07, 6.45) is 3.31. The van der Waals surface area contributed by atoms with Crippen LogP contribution in [0.25, 0.3) is 0 Å². The fraction of sp³-hybridized carbons (Fsp3) is 0.667. The topological polar surface area (TPSA) is 47.8 Å². The van der Waals surface area contributed by atoms with E-state index in [0.29, 0.717) is 11.7 Å². The van der Waals surface area contributed by atoms with E-state index in [1.54, 1.807) is 0 Å². The average molecular weight is 179 g/mol. The van der Waals surface area contributed by atoms with Crippen LogP contribution in [0.1, 0.15) is 42.0 Å². The highest BCUT2D eigenvalue weighted by atomic mass is 16.1. The molecule has 0 N–H and O–H groups in total. The maximum Gasteiger partial charge on any atom is 0.172 e. The van der Waals surface area contributed by atoms with Crippen LogP contribution in [0.15, 0.2) is 0 Å². The zero-order valence-electron chi connectivity index (χ0n) is 7.90. The lowest BCUT2D eigenvalue weighted by atomic mass is 10.2. The molecule has 1 aliphatic carbocycles. The molecule has 4 nitrogen and oxygen atoms in total. The lowest BCUT2D eigenvalue weighted by Gasteiger charge is -2.11. The van der Waals surface area contributed by atoms with Crippen LogP contribution < -0.4 is 0 Å². The Bertz CT molecular complexity index is 328. The Hall–Kier alpha value is -1.19. The molecule has 1 fully saturated rings. The first-order valence-electron chi connectivity index (χ1n) is 4.61. The predicted molar refractivity (Wildman–Crippen MR) is 47.6 cm³/mol. The van der Waals surface area contributed by atoms with E-state index in [4.69, 9.17) is 0 Å². The van der Waals surface area contributed by atoms with E-state index in [1.165, 1.54) is 12.8 Å². The zero-order chi connectivity index (χ0) is 9.42. The van der Waals surface area contributed by atoms with Gasteiger partial charge in [-0.3, -0.25) is 4.79 Å². The third-order valence-electron chi connectivity index (χ3n) is 2.76. The van der Waals surface area contributed by atoms with Gasteiger partial charge in [-0.2, -0.15) is 0 Å². The van der Waals surface area contributed by atoms with Crippen LogP contribution in [0.3, 0.4) is 0 Å². The molecule has 1 aliphatic rings. The summed E-state index contributed by atoms with van der Waals surface area (Å²) in [5.74, 6) is 0.736. The molecule has 1 atom stereocenters. The molecular formula is C9H13N3O. The van der Waals surface area contributed by atoms with Crippen molar-refractivity contribution < 1.29 is 4.79 Å². The number of aldehydes is 1. The van der Waals surface area contributed by atoms with Crippen LogP contribution in [-0.4, -0.2) is 21.3 Å². The molecule has 13 heavy (non-hydrogen) atoms. The third kappa shape index (κ3) is 1.36. The lowest BCUT2D eigenvalue weighted by molar-refractivity contribution is 0.111. The van der Waals surface area contributed by atoms with Crippen molar-refractivity contribution >= 4 is 6.29 Å². The van der Waals surface area contributed by atoms with Crippen molar-refractivity contribution in [2.45, 2.75) is 32.7 Å². The summed E-state index contributed by atoms with van der Waals surface area (Å²) >= 11 is 0. The number of nitrogens with zero attached hydrogens (tertiary/aromatic N) is 3. The van der Waals surface area contributed by atoms with Gasteiger partial charge in [-0.1, -0.05) is 5.21 Å². The Morgan fingerprint density at radius 2 is 2.31 bits per heavy atom. The molecule has 1 saturated carbocycles. The van der Waals surface area contributed by atoms with Gasteiger partial charge >= 0.3 is 0 Å². The van der Waals surface area contributed by atoms with Gasteiger partial charge < -0.3 is 0 Å². The van der Waals surface area contributed by atoms with Gasteiger partial charge in [-0.15, -0.1) is 5.10 Å². The third-order valence-corrected chi connectivity index (χ3v) is 2.76. The van der Waals surface area contributed by atoms with Crippen LogP contribution in [0.5, 0.6) is 0 Å². The van der Waals surface area contributed by atoms with Crippen molar-refractivity contribution in [2.24, 2.45) is 5.92 Å². The quantitative estimate of drug-likeness (QED) is 0.658. The molecule has 0 spiro atoms. The summed E-state index contributed by atoms with van der Waals surface area (Å²) in [6.45, 7) is 4.02. The molecule has 1 aromatic rings. The predicted octanol–water partition coefficient (Wildman–Crippen LogP) is 1.37. The summed E-state index contributed by atoms with van der Waals surface area (Å²) < 4.78 is 1.86. The van der Waals surface area contributed by atoms with Crippen LogP contribution >= 0.6 is 0 Å². The van der Waals surface area contributed by atoms with Crippen LogP contribution in [0.2, 0.25) is 0 Å². The van der Waals surface area contributed by atoms with Crippen LogP contribution in [-0.2, 0) is 0 Å². The Balaban J connectivity index is 2.28. The standard InChI is InChI=1S/C9H13N3O/c1-6(8-3-4-8)12-7(2)9(5-13)10-11-12/h5-6,8H,3-4H2,1-2H3. The fourth-order valence-electron chi connectivity index (χ4n) is 1.63. The van der Waals surface area contributed by atoms with E-state index in [1.807, 2.05) is 11.6 Å². The molecule has 0 amide bonds. The fourth-order valence-corrected chi connectivity index (χ4v) is 1.63. The first-order chi connectivity index (χ1) is 6.24. The van der Waals surface area contributed by atoms with Crippen LogP contribution in [0.4, 0.5) is 0 Å². The largest absolute Gasteiger partial charge is 0.296 e. The number of hydrogen-bond acceptors (Lipinski definition) is 3. The van der Waals surface area contributed by atoms with Gasteiger partial charge in [0.05, 0.1) is 11.7 Å². The minimum Gasteiger partial charge on any atom is -0.296 e. The summed E-state index contributed by atoms with van der Waals surface area (Å²) in [5.41, 5.74) is 1.35. The first-order valence-corrected chi connectivity index (χ1v) is 4.61. The second-order valence-corrected chi connectivity index (χ2v) is 3.70. The summed E-state index contributed by atoms with van der Waals surface area (Å²) in [7, 11) is 0. The van der Waals surface area contributed by atoms with Crippen molar-refractivity contribution in [3.8, 4) is 0 Å². The summed E-state index contributed by atoms with van der Waals surface area (Å²) in [4.78, 5) is 10.5. The highest BCUT2D eigenvalue weighted by Gasteiger charge is 2.30. The number of hydrogen-bond donors (Lipinski definition) is 0. The number of aromatic nitrogens is 3. The van der Waals surface area contributed by atoms with Gasteiger partial charge in [0.15, 0.2) is 6.29 Å². The molecule has 0 saturated heterocycles. The van der Waals surface area contributed by atoms with E-state index in [9.17, 15) is 4.79 Å².